The number of fused-ring (bicyclic) bond motifs is 1. The van der Waals surface area contributed by atoms with Crippen molar-refractivity contribution in [3.8, 4) is 28.0 Å². The van der Waals surface area contributed by atoms with Gasteiger partial charge in [0.2, 0.25) is 0 Å². The number of nitriles is 1. The van der Waals surface area contributed by atoms with E-state index in [0.29, 0.717) is 16.6 Å². The first-order valence-corrected chi connectivity index (χ1v) is 12.9. The molecule has 2 heterocycles. The van der Waals surface area contributed by atoms with E-state index in [-0.39, 0.29) is 5.57 Å². The number of hydrogen-bond acceptors (Lipinski definition) is 9. The van der Waals surface area contributed by atoms with Gasteiger partial charge in [0, 0.05) is 27.4 Å². The average Bonchev–Trinajstić information content (AvgIpc) is 3.63. The van der Waals surface area contributed by atoms with E-state index in [2.05, 4.69) is 13.6 Å². The Morgan fingerprint density at radius 1 is 0.895 bits per heavy atom. The predicted octanol–water partition coefficient (Wildman–Crippen LogP) is 6.90. The van der Waals surface area contributed by atoms with Crippen LogP contribution in [0, 0.1) is 11.3 Å². The topological polar surface area (TPSA) is 109 Å². The van der Waals surface area contributed by atoms with Gasteiger partial charge >= 0.3 is 5.97 Å². The first-order valence-electron chi connectivity index (χ1n) is 11.3. The molecule has 0 saturated heterocycles. The smallest absolute Gasteiger partial charge is 0.346 e. The summed E-state index contributed by atoms with van der Waals surface area (Å²) in [4.78, 5) is 14.4. The maximum Gasteiger partial charge on any atom is 0.346 e. The third-order valence-corrected chi connectivity index (χ3v) is 7.47. The molecule has 0 unspecified atom stereocenters. The Morgan fingerprint density at radius 2 is 1.50 bits per heavy atom. The van der Waals surface area contributed by atoms with Crippen molar-refractivity contribution in [1.82, 2.24) is 8.75 Å². The number of thiophene rings is 1. The molecule has 8 nitrogen and oxygen atoms in total. The molecular weight excluding hydrogens is 520 g/mol. The van der Waals surface area contributed by atoms with Crippen LogP contribution in [-0.4, -0.2) is 34.0 Å². The first-order chi connectivity index (χ1) is 18.5. The standard InChI is InChI=1S/C28H20N4O4S2/c1-35-21-8-4-19(5-9-21)32(20-6-10-22(36-2)11-7-20)25-14-13-24(37-25)23-12-3-17(15-18(16-29)28(33)34)26-27(23)31-38-30-26/h3-15H,1-2H3,(H,33,34)/b18-15+. The Labute approximate surface area is 226 Å². The van der Waals surface area contributed by atoms with Gasteiger partial charge in [-0.05, 0) is 66.7 Å². The Kier molecular flexibility index (Phi) is 7.04. The number of hydrogen-bond donors (Lipinski definition) is 1. The summed E-state index contributed by atoms with van der Waals surface area (Å²) in [7, 11) is 3.28. The van der Waals surface area contributed by atoms with Crippen LogP contribution in [0.15, 0.2) is 78.4 Å². The summed E-state index contributed by atoms with van der Waals surface area (Å²) in [6, 6.07) is 25.1. The summed E-state index contributed by atoms with van der Waals surface area (Å²) in [5.74, 6) is 0.253. The third kappa shape index (κ3) is 4.80. The molecule has 10 heteroatoms. The number of benzene rings is 3. The highest BCUT2D eigenvalue weighted by molar-refractivity contribution is 7.19. The molecule has 0 amide bonds. The minimum atomic E-state index is -1.28. The van der Waals surface area contributed by atoms with Gasteiger partial charge in [0.15, 0.2) is 0 Å². The molecule has 0 atom stereocenters. The molecule has 188 valence electrons. The highest BCUT2D eigenvalue weighted by Crippen LogP contribution is 2.43. The first kappa shape index (κ1) is 25.0. The van der Waals surface area contributed by atoms with Gasteiger partial charge in [0.05, 0.1) is 25.9 Å². The van der Waals surface area contributed by atoms with Gasteiger partial charge in [-0.2, -0.15) is 14.0 Å². The highest BCUT2D eigenvalue weighted by atomic mass is 32.1. The molecule has 2 aromatic heterocycles. The van der Waals surface area contributed by atoms with E-state index in [1.165, 1.54) is 6.08 Å². The number of carboxylic acid groups (broad SMARTS) is 1. The van der Waals surface area contributed by atoms with Crippen LogP contribution >= 0.6 is 23.1 Å². The zero-order valence-corrected chi connectivity index (χ0v) is 21.9. The molecule has 0 spiro atoms. The van der Waals surface area contributed by atoms with E-state index in [9.17, 15) is 9.90 Å². The van der Waals surface area contributed by atoms with E-state index in [1.54, 1.807) is 37.7 Å². The quantitative estimate of drug-likeness (QED) is 0.167. The van der Waals surface area contributed by atoms with Crippen LogP contribution in [0.2, 0.25) is 0 Å². The van der Waals surface area contributed by atoms with Gasteiger partial charge in [-0.3, -0.25) is 0 Å². The maximum atomic E-state index is 11.3. The van der Waals surface area contributed by atoms with Gasteiger partial charge in [0.1, 0.15) is 39.2 Å². The van der Waals surface area contributed by atoms with Crippen LogP contribution in [0.4, 0.5) is 16.4 Å². The van der Waals surface area contributed by atoms with Crippen LogP contribution in [0.1, 0.15) is 5.56 Å². The van der Waals surface area contributed by atoms with Crippen molar-refractivity contribution < 1.29 is 19.4 Å². The van der Waals surface area contributed by atoms with Gasteiger partial charge in [0.25, 0.3) is 0 Å². The van der Waals surface area contributed by atoms with Crippen LogP contribution < -0.4 is 14.4 Å². The van der Waals surface area contributed by atoms with E-state index in [0.717, 1.165) is 50.0 Å². The zero-order chi connectivity index (χ0) is 26.6. The number of carboxylic acids is 1. The fraction of sp³-hybridized carbons (Fsp3) is 0.0714. The van der Waals surface area contributed by atoms with Crippen molar-refractivity contribution >= 4 is 62.5 Å². The van der Waals surface area contributed by atoms with Crippen LogP contribution in [0.3, 0.4) is 0 Å². The summed E-state index contributed by atoms with van der Waals surface area (Å²) < 4.78 is 19.5. The molecule has 5 rings (SSSR count). The normalized spacial score (nSPS) is 11.2. The van der Waals surface area contributed by atoms with E-state index >= 15 is 0 Å². The fourth-order valence-electron chi connectivity index (χ4n) is 3.96. The number of methoxy groups -OCH3 is 2. The molecular formula is C28H20N4O4S2. The minimum Gasteiger partial charge on any atom is -0.497 e. The SMILES string of the molecule is COc1ccc(N(c2ccc(OC)cc2)c2ccc(-c3ccc(/C=C(\C#N)C(=O)O)c4nsnc34)s2)cc1. The molecule has 38 heavy (non-hydrogen) atoms. The summed E-state index contributed by atoms with van der Waals surface area (Å²) in [5.41, 5.74) is 4.18. The molecule has 0 aliphatic rings. The highest BCUT2D eigenvalue weighted by Gasteiger charge is 2.19. The molecule has 0 fully saturated rings. The molecule has 0 radical (unpaired) electrons. The Balaban J connectivity index is 1.58. The number of anilines is 3. The van der Waals surface area contributed by atoms with Crippen molar-refractivity contribution in [3.05, 3.63) is 83.9 Å². The van der Waals surface area contributed by atoms with Crippen molar-refractivity contribution in [2.45, 2.75) is 0 Å². The number of carbonyl (C=O) groups is 1. The van der Waals surface area contributed by atoms with E-state index in [1.807, 2.05) is 66.7 Å². The van der Waals surface area contributed by atoms with Crippen molar-refractivity contribution in [2.24, 2.45) is 0 Å². The van der Waals surface area contributed by atoms with Crippen LogP contribution in [0.25, 0.3) is 27.6 Å². The summed E-state index contributed by atoms with van der Waals surface area (Å²) >= 11 is 2.63. The molecule has 0 saturated carbocycles. The summed E-state index contributed by atoms with van der Waals surface area (Å²) in [6.45, 7) is 0. The lowest BCUT2D eigenvalue weighted by molar-refractivity contribution is -0.132. The lowest BCUT2D eigenvalue weighted by Crippen LogP contribution is -2.08. The molecule has 1 N–H and O–H groups in total. The second-order valence-corrected chi connectivity index (χ2v) is 9.60. The molecule has 5 aromatic rings. The predicted molar refractivity (Wildman–Crippen MR) is 150 cm³/mol. The van der Waals surface area contributed by atoms with Crippen LogP contribution in [-0.2, 0) is 4.79 Å². The minimum absolute atomic E-state index is 0.361. The Bertz CT molecular complexity index is 1640. The number of nitrogens with zero attached hydrogens (tertiary/aromatic N) is 4. The third-order valence-electron chi connectivity index (χ3n) is 5.84. The largest absolute Gasteiger partial charge is 0.497 e. The molecule has 0 aliphatic carbocycles. The molecule has 0 aliphatic heterocycles. The average molecular weight is 541 g/mol. The Hall–Kier alpha value is -4.72. The lowest BCUT2D eigenvalue weighted by atomic mass is 10.0. The van der Waals surface area contributed by atoms with Gasteiger partial charge in [-0.15, -0.1) is 11.3 Å². The number of aliphatic carboxylic acids is 1. The Morgan fingerprint density at radius 3 is 2.05 bits per heavy atom. The number of rotatable bonds is 8. The van der Waals surface area contributed by atoms with Crippen molar-refractivity contribution in [1.29, 1.82) is 5.26 Å². The van der Waals surface area contributed by atoms with Crippen LogP contribution in [0.5, 0.6) is 11.5 Å². The number of aromatic nitrogens is 2. The van der Waals surface area contributed by atoms with E-state index < -0.39 is 5.97 Å². The maximum absolute atomic E-state index is 11.3. The van der Waals surface area contributed by atoms with E-state index in [4.69, 9.17) is 14.7 Å². The molecule has 3 aromatic carbocycles. The van der Waals surface area contributed by atoms with Crippen molar-refractivity contribution in [2.75, 3.05) is 19.1 Å². The van der Waals surface area contributed by atoms with Gasteiger partial charge < -0.3 is 19.5 Å². The fourth-order valence-corrected chi connectivity index (χ4v) is 5.61. The van der Waals surface area contributed by atoms with Gasteiger partial charge in [-0.1, -0.05) is 12.1 Å². The summed E-state index contributed by atoms with van der Waals surface area (Å²) in [6.07, 6.45) is 1.32. The lowest BCUT2D eigenvalue weighted by Gasteiger charge is -2.24. The second kappa shape index (κ2) is 10.7. The second-order valence-electron chi connectivity index (χ2n) is 8.01. The monoisotopic (exact) mass is 540 g/mol. The van der Waals surface area contributed by atoms with Gasteiger partial charge in [-0.25, -0.2) is 4.79 Å². The van der Waals surface area contributed by atoms with Crippen molar-refractivity contribution in [3.63, 3.8) is 0 Å². The number of ether oxygens (including phenoxy) is 2. The zero-order valence-electron chi connectivity index (χ0n) is 20.3. The molecule has 0 bridgehead atoms. The summed E-state index contributed by atoms with van der Waals surface area (Å²) in [5, 5.41) is 19.4.